The normalized spacial score (nSPS) is 17.5. The van der Waals surface area contributed by atoms with Crippen molar-refractivity contribution in [2.24, 2.45) is 0 Å². The Morgan fingerprint density at radius 1 is 1.43 bits per heavy atom. The highest BCUT2D eigenvalue weighted by Gasteiger charge is 2.29. The van der Waals surface area contributed by atoms with E-state index in [0.29, 0.717) is 6.42 Å². The first kappa shape index (κ1) is 14.5. The van der Waals surface area contributed by atoms with Crippen molar-refractivity contribution in [3.63, 3.8) is 0 Å². The molecule has 2 heterocycles. The van der Waals surface area contributed by atoms with Crippen LogP contribution in [0.25, 0.3) is 0 Å². The van der Waals surface area contributed by atoms with Crippen LogP contribution in [0.3, 0.4) is 0 Å². The number of thiazole rings is 1. The van der Waals surface area contributed by atoms with E-state index in [1.54, 1.807) is 11.3 Å². The zero-order valence-electron chi connectivity index (χ0n) is 11.9. The van der Waals surface area contributed by atoms with E-state index in [9.17, 15) is 9.90 Å². The third kappa shape index (κ3) is 3.11. The van der Waals surface area contributed by atoms with Crippen molar-refractivity contribution in [1.29, 1.82) is 0 Å². The lowest BCUT2D eigenvalue weighted by molar-refractivity contribution is -0.139. The molecule has 0 fully saturated rings. The molecule has 0 spiro atoms. The highest BCUT2D eigenvalue weighted by atomic mass is 32.1. The summed E-state index contributed by atoms with van der Waals surface area (Å²) in [4.78, 5) is 19.6. The molecule has 112 valence electrons. The summed E-state index contributed by atoms with van der Waals surface area (Å²) in [7, 11) is 0. The van der Waals surface area contributed by atoms with Gasteiger partial charge in [0.05, 0.1) is 12.2 Å². The molecular formula is C15H18N2O2S2. The van der Waals surface area contributed by atoms with Gasteiger partial charge in [-0.2, -0.15) is 0 Å². The van der Waals surface area contributed by atoms with Crippen LogP contribution in [0.4, 0.5) is 5.13 Å². The van der Waals surface area contributed by atoms with E-state index in [4.69, 9.17) is 0 Å². The number of aryl methyl sites for hydroxylation is 2. The monoisotopic (exact) mass is 322 g/mol. The molecule has 1 atom stereocenters. The van der Waals surface area contributed by atoms with Gasteiger partial charge in [-0.15, -0.1) is 22.7 Å². The third-order valence-corrected chi connectivity index (χ3v) is 6.05. The number of carbonyl (C=O) groups is 1. The summed E-state index contributed by atoms with van der Waals surface area (Å²) in [6, 6.07) is 4.30. The summed E-state index contributed by atoms with van der Waals surface area (Å²) in [5, 5.41) is 13.5. The van der Waals surface area contributed by atoms with Crippen LogP contribution in [0.1, 0.15) is 46.0 Å². The Hall–Kier alpha value is -1.40. The van der Waals surface area contributed by atoms with E-state index in [1.165, 1.54) is 9.75 Å². The van der Waals surface area contributed by atoms with Crippen LogP contribution in [-0.4, -0.2) is 16.1 Å². The van der Waals surface area contributed by atoms with Gasteiger partial charge in [0.25, 0.3) is 0 Å². The number of anilines is 1. The average Bonchev–Trinajstić information content (AvgIpc) is 3.10. The predicted octanol–water partition coefficient (Wildman–Crippen LogP) is 3.88. The molecule has 0 saturated carbocycles. The zero-order valence-corrected chi connectivity index (χ0v) is 13.5. The van der Waals surface area contributed by atoms with Crippen LogP contribution in [0.15, 0.2) is 12.1 Å². The fourth-order valence-electron chi connectivity index (χ4n) is 2.60. The molecular weight excluding hydrogens is 304 g/mol. The van der Waals surface area contributed by atoms with E-state index in [2.05, 4.69) is 29.4 Å². The number of carboxylic acids is 1. The molecule has 0 saturated heterocycles. The van der Waals surface area contributed by atoms with Crippen LogP contribution < -0.4 is 5.32 Å². The van der Waals surface area contributed by atoms with Crippen molar-refractivity contribution in [1.82, 2.24) is 4.98 Å². The lowest BCUT2D eigenvalue weighted by Gasteiger charge is -2.16. The van der Waals surface area contributed by atoms with E-state index >= 15 is 0 Å². The third-order valence-electron chi connectivity index (χ3n) is 3.73. The number of hydrogen-bond acceptors (Lipinski definition) is 5. The molecule has 0 aromatic carbocycles. The maximum atomic E-state index is 11.3. The van der Waals surface area contributed by atoms with Crippen molar-refractivity contribution < 1.29 is 9.90 Å². The first-order valence-corrected chi connectivity index (χ1v) is 8.84. The first-order chi connectivity index (χ1) is 10.2. The lowest BCUT2D eigenvalue weighted by Crippen LogP contribution is -2.17. The van der Waals surface area contributed by atoms with Gasteiger partial charge in [-0.05, 0) is 37.8 Å². The molecule has 2 aromatic rings. The van der Waals surface area contributed by atoms with Gasteiger partial charge >= 0.3 is 5.97 Å². The maximum Gasteiger partial charge on any atom is 0.312 e. The number of nitrogens with zero attached hydrogens (tertiary/aromatic N) is 1. The van der Waals surface area contributed by atoms with Crippen LogP contribution >= 0.6 is 22.7 Å². The second kappa shape index (κ2) is 6.15. The van der Waals surface area contributed by atoms with Gasteiger partial charge in [-0.1, -0.05) is 6.92 Å². The quantitative estimate of drug-likeness (QED) is 0.877. The number of aromatic nitrogens is 1. The summed E-state index contributed by atoms with van der Waals surface area (Å²) in [5.74, 6) is -1.17. The molecule has 0 amide bonds. The fourth-order valence-corrected chi connectivity index (χ4v) is 4.56. The largest absolute Gasteiger partial charge is 0.481 e. The summed E-state index contributed by atoms with van der Waals surface area (Å²) in [6.07, 6.45) is 3.67. The molecule has 1 unspecified atom stereocenters. The van der Waals surface area contributed by atoms with E-state index in [0.717, 1.165) is 41.5 Å². The molecule has 0 radical (unpaired) electrons. The highest BCUT2D eigenvalue weighted by molar-refractivity contribution is 7.15. The molecule has 4 nitrogen and oxygen atoms in total. The zero-order chi connectivity index (χ0) is 14.8. The van der Waals surface area contributed by atoms with Gasteiger partial charge in [-0.3, -0.25) is 4.79 Å². The number of aliphatic carboxylic acids is 1. The van der Waals surface area contributed by atoms with Gasteiger partial charge in [0.2, 0.25) is 0 Å². The summed E-state index contributed by atoms with van der Waals surface area (Å²) < 4.78 is 0. The average molecular weight is 322 g/mol. The fraction of sp³-hybridized carbons (Fsp3) is 0.467. The van der Waals surface area contributed by atoms with Crippen LogP contribution in [0, 0.1) is 0 Å². The second-order valence-electron chi connectivity index (χ2n) is 5.19. The number of nitrogens with one attached hydrogen (secondary N) is 1. The predicted molar refractivity (Wildman–Crippen MR) is 86.5 cm³/mol. The number of carboxylic acid groups (broad SMARTS) is 1. The van der Waals surface area contributed by atoms with Crippen molar-refractivity contribution in [3.8, 4) is 0 Å². The Kier molecular flexibility index (Phi) is 4.26. The minimum absolute atomic E-state index is 0.422. The summed E-state index contributed by atoms with van der Waals surface area (Å²) >= 11 is 3.42. The molecule has 21 heavy (non-hydrogen) atoms. The van der Waals surface area contributed by atoms with Crippen LogP contribution in [0.5, 0.6) is 0 Å². The molecule has 3 rings (SSSR count). The van der Waals surface area contributed by atoms with Gasteiger partial charge < -0.3 is 10.4 Å². The maximum absolute atomic E-state index is 11.3. The topological polar surface area (TPSA) is 62.2 Å². The van der Waals surface area contributed by atoms with E-state index in [1.807, 2.05) is 11.3 Å². The highest BCUT2D eigenvalue weighted by Crippen LogP contribution is 2.37. The van der Waals surface area contributed by atoms with Crippen molar-refractivity contribution >= 4 is 33.8 Å². The Morgan fingerprint density at radius 2 is 2.24 bits per heavy atom. The summed E-state index contributed by atoms with van der Waals surface area (Å²) in [5.41, 5.74) is 0.779. The Balaban J connectivity index is 1.71. The standard InChI is InChI=1S/C15H18N2O2S2/c1-2-9-6-7-10(20-9)8-16-15-17-13-11(14(18)19)4-3-5-12(13)21-15/h6-7,11H,2-5,8H2,1H3,(H,16,17)(H,18,19). The number of rotatable bonds is 5. The Bertz CT molecular complexity index is 648. The molecule has 0 aliphatic heterocycles. The van der Waals surface area contributed by atoms with Gasteiger partial charge in [0, 0.05) is 14.6 Å². The smallest absolute Gasteiger partial charge is 0.312 e. The molecule has 2 N–H and O–H groups in total. The van der Waals surface area contributed by atoms with Crippen LogP contribution in [0.2, 0.25) is 0 Å². The summed E-state index contributed by atoms with van der Waals surface area (Å²) in [6.45, 7) is 2.92. The molecule has 6 heteroatoms. The SMILES string of the molecule is CCc1ccc(CNc2nc3c(s2)CCCC3C(=O)O)s1. The molecule has 1 aliphatic carbocycles. The number of hydrogen-bond donors (Lipinski definition) is 2. The lowest BCUT2D eigenvalue weighted by atomic mass is 9.91. The van der Waals surface area contributed by atoms with Crippen molar-refractivity contribution in [2.75, 3.05) is 5.32 Å². The van der Waals surface area contributed by atoms with Gasteiger partial charge in [-0.25, -0.2) is 4.98 Å². The Morgan fingerprint density at radius 3 is 2.95 bits per heavy atom. The first-order valence-electron chi connectivity index (χ1n) is 7.21. The van der Waals surface area contributed by atoms with Gasteiger partial charge in [0.15, 0.2) is 5.13 Å². The van der Waals surface area contributed by atoms with Crippen molar-refractivity contribution in [2.45, 2.75) is 45.1 Å². The second-order valence-corrected chi connectivity index (χ2v) is 7.52. The number of fused-ring (bicyclic) bond motifs is 1. The Labute approximate surface area is 131 Å². The van der Waals surface area contributed by atoms with E-state index in [-0.39, 0.29) is 0 Å². The van der Waals surface area contributed by atoms with Crippen molar-refractivity contribution in [3.05, 3.63) is 32.5 Å². The number of thiophene rings is 1. The van der Waals surface area contributed by atoms with Gasteiger partial charge in [0.1, 0.15) is 5.92 Å². The van der Waals surface area contributed by atoms with E-state index < -0.39 is 11.9 Å². The molecule has 1 aliphatic rings. The molecule has 2 aromatic heterocycles. The van der Waals surface area contributed by atoms with Crippen LogP contribution in [-0.2, 0) is 24.2 Å². The minimum Gasteiger partial charge on any atom is -0.481 e. The molecule has 0 bridgehead atoms. The minimum atomic E-state index is -0.751.